The number of esters is 1. The molecule has 5 nitrogen and oxygen atoms in total. The van der Waals surface area contributed by atoms with Gasteiger partial charge >= 0.3 is 5.97 Å². The number of benzene rings is 2. The lowest BCUT2D eigenvalue weighted by atomic mass is 10.1. The van der Waals surface area contributed by atoms with E-state index in [4.69, 9.17) is 14.2 Å². The normalized spacial score (nSPS) is 14.8. The molecule has 0 spiro atoms. The Morgan fingerprint density at radius 2 is 1.86 bits per heavy atom. The fraction of sp³-hybridized carbons (Fsp3) is 0.200. The summed E-state index contributed by atoms with van der Waals surface area (Å²) < 4.78 is 19.4. The van der Waals surface area contributed by atoms with Crippen LogP contribution < -0.4 is 9.47 Å². The van der Waals surface area contributed by atoms with Gasteiger partial charge in [0.15, 0.2) is 17.2 Å². The maximum atomic E-state index is 12.3. The highest BCUT2D eigenvalue weighted by Crippen LogP contribution is 2.38. The van der Waals surface area contributed by atoms with Crippen LogP contribution in [0.5, 0.6) is 11.5 Å². The summed E-state index contributed by atoms with van der Waals surface area (Å²) >= 11 is 9.20. The first-order valence-electron chi connectivity index (χ1n) is 8.50. The molecular formula is C20H16Br2INO4. The molecule has 2 aromatic carbocycles. The minimum absolute atomic E-state index is 0.225. The average Bonchev–Trinajstić information content (AvgIpc) is 3.01. The van der Waals surface area contributed by atoms with Crippen molar-refractivity contribution in [3.05, 3.63) is 59.7 Å². The number of carbonyl (C=O) groups is 1. The molecule has 0 unspecified atom stereocenters. The summed E-state index contributed by atoms with van der Waals surface area (Å²) in [6.45, 7) is 4.83. The van der Waals surface area contributed by atoms with Crippen molar-refractivity contribution in [1.82, 2.24) is 0 Å². The van der Waals surface area contributed by atoms with Gasteiger partial charge in [0.25, 0.3) is 0 Å². The van der Waals surface area contributed by atoms with E-state index in [0.717, 1.165) is 23.6 Å². The minimum Gasteiger partial charge on any atom is -0.490 e. The summed E-state index contributed by atoms with van der Waals surface area (Å²) in [7, 11) is 0. The second-order valence-corrected chi connectivity index (χ2v) is 8.53. The number of rotatable bonds is 6. The first-order chi connectivity index (χ1) is 13.4. The van der Waals surface area contributed by atoms with E-state index in [-0.39, 0.29) is 11.6 Å². The zero-order chi connectivity index (χ0) is 20.3. The van der Waals surface area contributed by atoms with E-state index in [1.54, 1.807) is 6.08 Å². The van der Waals surface area contributed by atoms with E-state index in [9.17, 15) is 4.79 Å². The molecule has 0 N–H and O–H groups in total. The lowest BCUT2D eigenvalue weighted by molar-refractivity contribution is -0.129. The topological polar surface area (TPSA) is 57.1 Å². The third-order valence-electron chi connectivity index (χ3n) is 3.71. The van der Waals surface area contributed by atoms with Crippen LogP contribution in [0.1, 0.15) is 25.0 Å². The van der Waals surface area contributed by atoms with Crippen LogP contribution in [-0.4, -0.2) is 25.1 Å². The van der Waals surface area contributed by atoms with Crippen molar-refractivity contribution in [2.24, 2.45) is 4.99 Å². The van der Waals surface area contributed by atoms with Crippen molar-refractivity contribution >= 4 is 72.4 Å². The van der Waals surface area contributed by atoms with E-state index >= 15 is 0 Å². The third kappa shape index (κ3) is 4.77. The van der Waals surface area contributed by atoms with Crippen LogP contribution in [0.25, 0.3) is 6.08 Å². The molecule has 1 heterocycles. The van der Waals surface area contributed by atoms with E-state index < -0.39 is 5.97 Å². The van der Waals surface area contributed by atoms with Gasteiger partial charge in [-0.2, -0.15) is 0 Å². The molecule has 146 valence electrons. The Morgan fingerprint density at radius 3 is 2.54 bits per heavy atom. The quantitative estimate of drug-likeness (QED) is 0.227. The Hall–Kier alpha value is -1.39. The molecule has 0 atom stereocenters. The van der Waals surface area contributed by atoms with Gasteiger partial charge in [0.1, 0.15) is 0 Å². The summed E-state index contributed by atoms with van der Waals surface area (Å²) in [5, 5.41) is 0. The van der Waals surface area contributed by atoms with Crippen LogP contribution >= 0.6 is 54.5 Å². The molecule has 8 heteroatoms. The van der Waals surface area contributed by atoms with Crippen molar-refractivity contribution in [2.75, 3.05) is 13.2 Å². The summed E-state index contributed by atoms with van der Waals surface area (Å²) in [6, 6.07) is 9.33. The van der Waals surface area contributed by atoms with Crippen LogP contribution in [-0.2, 0) is 9.53 Å². The summed E-state index contributed by atoms with van der Waals surface area (Å²) in [5.74, 6) is 1.02. The number of cyclic esters (lactones) is 1. The van der Waals surface area contributed by atoms with Gasteiger partial charge in [0.05, 0.1) is 17.7 Å². The lowest BCUT2D eigenvalue weighted by Gasteiger charge is -2.13. The predicted molar refractivity (Wildman–Crippen MR) is 124 cm³/mol. The molecule has 1 aliphatic rings. The Kier molecular flexibility index (Phi) is 7.16. The maximum Gasteiger partial charge on any atom is 0.363 e. The molecule has 0 radical (unpaired) electrons. The first kappa shape index (κ1) is 21.3. The molecule has 0 aromatic heterocycles. The number of aliphatic imine (C=N–C) groups is 1. The Morgan fingerprint density at radius 1 is 1.11 bits per heavy atom. The number of hydrogen-bond donors (Lipinski definition) is 0. The number of ether oxygens (including phenoxy) is 3. The van der Waals surface area contributed by atoms with Gasteiger partial charge in [0, 0.05) is 13.6 Å². The maximum absolute atomic E-state index is 12.3. The van der Waals surface area contributed by atoms with Gasteiger partial charge in [-0.1, -0.05) is 0 Å². The molecular weight excluding hydrogens is 605 g/mol. The van der Waals surface area contributed by atoms with Crippen LogP contribution in [0.15, 0.2) is 50.0 Å². The Labute approximate surface area is 193 Å². The van der Waals surface area contributed by atoms with E-state index in [0.29, 0.717) is 24.7 Å². The van der Waals surface area contributed by atoms with E-state index in [1.807, 2.05) is 44.2 Å². The molecule has 1 aliphatic heterocycles. The third-order valence-corrected chi connectivity index (χ3v) is 6.64. The van der Waals surface area contributed by atoms with E-state index in [2.05, 4.69) is 59.4 Å². The standard InChI is InChI=1S/C20H16Br2INO4/c1-3-26-17-9-11(7-14(22)18(17)27-4-2)8-16-20(25)28-19(24-16)12-5-6-15(23)13(21)10-12/h5-10H,3-4H2,1-2H3/b16-8-. The molecule has 0 aliphatic carbocycles. The number of carbonyl (C=O) groups excluding carboxylic acids is 1. The van der Waals surface area contributed by atoms with Crippen LogP contribution in [0.2, 0.25) is 0 Å². The fourth-order valence-corrected chi connectivity index (χ4v) is 3.83. The molecule has 28 heavy (non-hydrogen) atoms. The number of halogens is 3. The summed E-state index contributed by atoms with van der Waals surface area (Å²) in [4.78, 5) is 16.7. The van der Waals surface area contributed by atoms with Crippen LogP contribution in [0.4, 0.5) is 0 Å². The van der Waals surface area contributed by atoms with Crippen molar-refractivity contribution in [3.8, 4) is 11.5 Å². The molecule has 0 amide bonds. The fourth-order valence-electron chi connectivity index (χ4n) is 2.54. The van der Waals surface area contributed by atoms with Gasteiger partial charge in [-0.25, -0.2) is 9.79 Å². The first-order valence-corrected chi connectivity index (χ1v) is 11.2. The summed E-state index contributed by atoms with van der Waals surface area (Å²) in [6.07, 6.45) is 1.67. The molecule has 2 aromatic rings. The van der Waals surface area contributed by atoms with Crippen molar-refractivity contribution < 1.29 is 19.0 Å². The largest absolute Gasteiger partial charge is 0.490 e. The van der Waals surface area contributed by atoms with E-state index in [1.165, 1.54) is 0 Å². The van der Waals surface area contributed by atoms with Crippen LogP contribution in [0.3, 0.4) is 0 Å². The van der Waals surface area contributed by atoms with Gasteiger partial charge in [-0.15, -0.1) is 0 Å². The smallest absolute Gasteiger partial charge is 0.363 e. The average molecular weight is 621 g/mol. The van der Waals surface area contributed by atoms with Crippen molar-refractivity contribution in [2.45, 2.75) is 13.8 Å². The summed E-state index contributed by atoms with van der Waals surface area (Å²) in [5.41, 5.74) is 1.70. The molecule has 3 rings (SSSR count). The zero-order valence-corrected chi connectivity index (χ0v) is 20.4. The Balaban J connectivity index is 1.97. The number of nitrogens with zero attached hydrogens (tertiary/aromatic N) is 1. The SMILES string of the molecule is CCOc1cc(/C=C2\N=C(c3ccc(I)c(Br)c3)OC2=O)cc(Br)c1OCC. The van der Waals surface area contributed by atoms with Gasteiger partial charge in [-0.05, 0) is 110 Å². The lowest BCUT2D eigenvalue weighted by Crippen LogP contribution is -2.05. The van der Waals surface area contributed by atoms with Crippen molar-refractivity contribution in [1.29, 1.82) is 0 Å². The molecule has 0 bridgehead atoms. The second kappa shape index (κ2) is 9.41. The number of hydrogen-bond acceptors (Lipinski definition) is 5. The second-order valence-electron chi connectivity index (χ2n) is 5.66. The van der Waals surface area contributed by atoms with Gasteiger partial charge in [-0.3, -0.25) is 0 Å². The monoisotopic (exact) mass is 619 g/mol. The highest BCUT2D eigenvalue weighted by atomic mass is 127. The Bertz CT molecular complexity index is 988. The highest BCUT2D eigenvalue weighted by Gasteiger charge is 2.25. The minimum atomic E-state index is -0.493. The predicted octanol–water partition coefficient (Wildman–Crippen LogP) is 5.96. The van der Waals surface area contributed by atoms with Crippen molar-refractivity contribution in [3.63, 3.8) is 0 Å². The molecule has 0 saturated heterocycles. The van der Waals surface area contributed by atoms with Crippen LogP contribution in [0, 0.1) is 3.57 Å². The highest BCUT2D eigenvalue weighted by molar-refractivity contribution is 14.1. The zero-order valence-electron chi connectivity index (χ0n) is 15.1. The molecule has 0 fully saturated rings. The molecule has 0 saturated carbocycles. The van der Waals surface area contributed by atoms with Gasteiger partial charge < -0.3 is 14.2 Å². The van der Waals surface area contributed by atoms with Gasteiger partial charge in [0.2, 0.25) is 5.90 Å².